The maximum absolute atomic E-state index is 12.3. The van der Waals surface area contributed by atoms with E-state index in [2.05, 4.69) is 25.8 Å². The average molecular weight is 501 g/mol. The van der Waals surface area contributed by atoms with Crippen molar-refractivity contribution >= 4 is 29.0 Å². The Labute approximate surface area is 211 Å². The first-order valence-corrected chi connectivity index (χ1v) is 11.4. The summed E-state index contributed by atoms with van der Waals surface area (Å²) in [5.74, 6) is 1.47. The van der Waals surface area contributed by atoms with Gasteiger partial charge in [-0.2, -0.15) is 4.98 Å². The molecular weight excluding hydrogens is 480 g/mol. The van der Waals surface area contributed by atoms with E-state index in [4.69, 9.17) is 20.9 Å². The number of carbonyl (C=O) groups excluding carboxylic acids is 1. The summed E-state index contributed by atoms with van der Waals surface area (Å²) in [6.07, 6.45) is 3.54. The van der Waals surface area contributed by atoms with Gasteiger partial charge < -0.3 is 24.5 Å². The predicted molar refractivity (Wildman–Crippen MR) is 137 cm³/mol. The minimum absolute atomic E-state index is 0.334. The maximum Gasteiger partial charge on any atom is 0.323 e. The number of rotatable bonds is 7. The Hall–Kier alpha value is -4.63. The first-order chi connectivity index (χ1) is 17.6. The van der Waals surface area contributed by atoms with E-state index in [1.807, 2.05) is 59.3 Å². The second-order valence-electron chi connectivity index (χ2n) is 7.87. The van der Waals surface area contributed by atoms with Gasteiger partial charge in [-0.25, -0.2) is 9.78 Å². The van der Waals surface area contributed by atoms with Crippen molar-refractivity contribution in [2.75, 3.05) is 17.7 Å². The molecule has 0 bridgehead atoms. The highest BCUT2D eigenvalue weighted by Crippen LogP contribution is 2.23. The van der Waals surface area contributed by atoms with E-state index in [1.165, 1.54) is 0 Å². The van der Waals surface area contributed by atoms with Crippen LogP contribution in [0.25, 0.3) is 23.0 Å². The molecule has 5 rings (SSSR count). The Morgan fingerprint density at radius 2 is 1.81 bits per heavy atom. The van der Waals surface area contributed by atoms with Gasteiger partial charge >= 0.3 is 6.03 Å². The van der Waals surface area contributed by atoms with Crippen molar-refractivity contribution in [1.82, 2.24) is 19.7 Å². The Morgan fingerprint density at radius 3 is 2.58 bits per heavy atom. The number of nitrogens with zero attached hydrogens (tertiary/aromatic N) is 4. The summed E-state index contributed by atoms with van der Waals surface area (Å²) in [6, 6.07) is 21.6. The zero-order valence-corrected chi connectivity index (χ0v) is 19.9. The molecule has 2 amide bonds. The molecule has 0 fully saturated rings. The molecule has 3 aromatic carbocycles. The third-order valence-electron chi connectivity index (χ3n) is 5.29. The topological polar surface area (TPSA) is 107 Å². The van der Waals surface area contributed by atoms with E-state index in [-0.39, 0.29) is 6.03 Å². The summed E-state index contributed by atoms with van der Waals surface area (Å²) in [5, 5.41) is 10.3. The number of amides is 2. The predicted octanol–water partition coefficient (Wildman–Crippen LogP) is 5.95. The standard InChI is InChI=1S/C26H21ClN6O3/c1-35-22-4-2-3-21(13-22)30-26(34)29-20-11-5-17(6-12-20)14-33-15-23(28-16-33)25-31-24(32-36-25)18-7-9-19(27)10-8-18/h2-13,15-16H,14H2,1H3,(H2,29,30,34). The summed E-state index contributed by atoms with van der Waals surface area (Å²) in [6.45, 7) is 0.585. The average Bonchev–Trinajstić information content (AvgIpc) is 3.56. The number of hydrogen-bond donors (Lipinski definition) is 2. The number of imidazole rings is 1. The lowest BCUT2D eigenvalue weighted by Gasteiger charge is -2.09. The van der Waals surface area contributed by atoms with Gasteiger partial charge in [0.1, 0.15) is 11.4 Å². The lowest BCUT2D eigenvalue weighted by atomic mass is 10.2. The van der Waals surface area contributed by atoms with Crippen molar-refractivity contribution in [3.8, 4) is 28.7 Å². The Balaban J connectivity index is 1.19. The Kier molecular flexibility index (Phi) is 6.63. The minimum Gasteiger partial charge on any atom is -0.497 e. The number of benzene rings is 3. The first-order valence-electron chi connectivity index (χ1n) is 11.0. The lowest BCUT2D eigenvalue weighted by molar-refractivity contribution is 0.262. The zero-order chi connectivity index (χ0) is 24.9. The molecule has 36 heavy (non-hydrogen) atoms. The SMILES string of the molecule is COc1cccc(NC(=O)Nc2ccc(Cn3cnc(-c4nc(-c5ccc(Cl)cc5)no4)c3)cc2)c1. The number of urea groups is 1. The van der Waals surface area contributed by atoms with E-state index in [1.54, 1.807) is 37.7 Å². The van der Waals surface area contributed by atoms with Gasteiger partial charge in [0.05, 0.1) is 13.4 Å². The van der Waals surface area contributed by atoms with Crippen molar-refractivity contribution in [3.63, 3.8) is 0 Å². The number of aromatic nitrogens is 4. The van der Waals surface area contributed by atoms with Crippen LogP contribution in [0.4, 0.5) is 16.2 Å². The van der Waals surface area contributed by atoms with Crippen LogP contribution in [-0.4, -0.2) is 32.8 Å². The van der Waals surface area contributed by atoms with Crippen molar-refractivity contribution in [2.45, 2.75) is 6.54 Å². The van der Waals surface area contributed by atoms with Crippen LogP contribution in [-0.2, 0) is 6.54 Å². The van der Waals surface area contributed by atoms with Crippen LogP contribution in [0, 0.1) is 0 Å². The van der Waals surface area contributed by atoms with Crippen LogP contribution in [0.2, 0.25) is 5.02 Å². The summed E-state index contributed by atoms with van der Waals surface area (Å²) >= 11 is 5.94. The number of ether oxygens (including phenoxy) is 1. The molecule has 2 heterocycles. The molecule has 2 N–H and O–H groups in total. The van der Waals surface area contributed by atoms with Gasteiger partial charge in [0.2, 0.25) is 5.82 Å². The quantitative estimate of drug-likeness (QED) is 0.286. The molecule has 0 radical (unpaired) electrons. The second-order valence-corrected chi connectivity index (χ2v) is 8.31. The van der Waals surface area contributed by atoms with E-state index in [9.17, 15) is 4.79 Å². The van der Waals surface area contributed by atoms with Gasteiger partial charge in [0.15, 0.2) is 0 Å². The molecule has 180 valence electrons. The normalized spacial score (nSPS) is 10.7. The molecule has 0 aliphatic rings. The van der Waals surface area contributed by atoms with Crippen LogP contribution >= 0.6 is 11.6 Å². The van der Waals surface area contributed by atoms with Gasteiger partial charge in [-0.05, 0) is 54.1 Å². The lowest BCUT2D eigenvalue weighted by Crippen LogP contribution is -2.19. The molecule has 0 unspecified atom stereocenters. The van der Waals surface area contributed by atoms with E-state index in [0.717, 1.165) is 11.1 Å². The van der Waals surface area contributed by atoms with Crippen molar-refractivity contribution in [2.24, 2.45) is 0 Å². The fraction of sp³-hybridized carbons (Fsp3) is 0.0769. The molecule has 9 nitrogen and oxygen atoms in total. The van der Waals surface area contributed by atoms with Crippen molar-refractivity contribution in [3.05, 3.63) is 95.9 Å². The molecule has 0 saturated heterocycles. The fourth-order valence-electron chi connectivity index (χ4n) is 3.50. The number of methoxy groups -OCH3 is 1. The Morgan fingerprint density at radius 1 is 1.03 bits per heavy atom. The van der Waals surface area contributed by atoms with Gasteiger partial charge in [-0.1, -0.05) is 35.0 Å². The fourth-order valence-corrected chi connectivity index (χ4v) is 3.63. The third kappa shape index (κ3) is 5.53. The number of hydrogen-bond acceptors (Lipinski definition) is 6. The van der Waals surface area contributed by atoms with Crippen LogP contribution in [0.3, 0.4) is 0 Å². The zero-order valence-electron chi connectivity index (χ0n) is 19.2. The van der Waals surface area contributed by atoms with Crippen molar-refractivity contribution < 1.29 is 14.1 Å². The summed E-state index contributed by atoms with van der Waals surface area (Å²) in [4.78, 5) is 21.1. The first kappa shape index (κ1) is 23.1. The molecule has 2 aromatic heterocycles. The summed E-state index contributed by atoms with van der Waals surface area (Å²) in [5.41, 5.74) is 3.73. The molecule has 0 atom stereocenters. The largest absolute Gasteiger partial charge is 0.497 e. The van der Waals surface area contributed by atoms with Gasteiger partial charge in [-0.15, -0.1) is 0 Å². The van der Waals surface area contributed by atoms with Crippen LogP contribution in [0.15, 0.2) is 89.8 Å². The van der Waals surface area contributed by atoms with Crippen LogP contribution in [0.1, 0.15) is 5.56 Å². The van der Waals surface area contributed by atoms with Crippen molar-refractivity contribution in [1.29, 1.82) is 0 Å². The van der Waals surface area contributed by atoms with Gasteiger partial charge in [0.25, 0.3) is 5.89 Å². The minimum atomic E-state index is -0.340. The second kappa shape index (κ2) is 10.3. The number of carbonyl (C=O) groups is 1. The van der Waals surface area contributed by atoms with E-state index in [0.29, 0.717) is 46.1 Å². The van der Waals surface area contributed by atoms with E-state index < -0.39 is 0 Å². The number of nitrogens with one attached hydrogen (secondary N) is 2. The monoisotopic (exact) mass is 500 g/mol. The molecule has 0 spiro atoms. The highest BCUT2D eigenvalue weighted by molar-refractivity contribution is 6.30. The molecular formula is C26H21ClN6O3. The van der Waals surface area contributed by atoms with Gasteiger partial charge in [-0.3, -0.25) is 0 Å². The summed E-state index contributed by atoms with van der Waals surface area (Å²) in [7, 11) is 1.58. The highest BCUT2D eigenvalue weighted by atomic mass is 35.5. The molecule has 10 heteroatoms. The molecule has 0 saturated carbocycles. The van der Waals surface area contributed by atoms with Crippen LogP contribution in [0.5, 0.6) is 5.75 Å². The molecule has 5 aromatic rings. The summed E-state index contributed by atoms with van der Waals surface area (Å²) < 4.78 is 12.5. The maximum atomic E-state index is 12.3. The van der Waals surface area contributed by atoms with Crippen LogP contribution < -0.4 is 15.4 Å². The molecule has 0 aliphatic carbocycles. The Bertz CT molecular complexity index is 1480. The molecule has 0 aliphatic heterocycles. The smallest absolute Gasteiger partial charge is 0.323 e. The highest BCUT2D eigenvalue weighted by Gasteiger charge is 2.13. The van der Waals surface area contributed by atoms with Gasteiger partial charge in [0, 0.05) is 40.8 Å². The number of anilines is 2. The third-order valence-corrected chi connectivity index (χ3v) is 5.54. The van der Waals surface area contributed by atoms with E-state index >= 15 is 0 Å². The number of halogens is 1.